The van der Waals surface area contributed by atoms with Gasteiger partial charge in [-0.1, -0.05) is 11.8 Å². The van der Waals surface area contributed by atoms with Crippen LogP contribution in [0.1, 0.15) is 33.6 Å². The summed E-state index contributed by atoms with van der Waals surface area (Å²) < 4.78 is 19.3. The number of halogens is 1. The van der Waals surface area contributed by atoms with Gasteiger partial charge in [-0.05, 0) is 60.7 Å². The van der Waals surface area contributed by atoms with Crippen molar-refractivity contribution in [2.24, 2.45) is 5.92 Å². The number of esters is 1. The Morgan fingerprint density at radius 1 is 1.17 bits per heavy atom. The molecule has 3 N–H and O–H groups in total. The van der Waals surface area contributed by atoms with Gasteiger partial charge in [-0.25, -0.2) is 15.0 Å². The predicted octanol–water partition coefficient (Wildman–Crippen LogP) is 2.79. The lowest BCUT2D eigenvalue weighted by Gasteiger charge is -2.34. The third kappa shape index (κ3) is 6.56. The van der Waals surface area contributed by atoms with Crippen LogP contribution in [0.4, 0.5) is 5.82 Å². The van der Waals surface area contributed by atoms with E-state index in [0.717, 1.165) is 22.2 Å². The third-order valence-electron chi connectivity index (χ3n) is 7.13. The van der Waals surface area contributed by atoms with E-state index in [-0.39, 0.29) is 11.8 Å². The van der Waals surface area contributed by atoms with Gasteiger partial charge in [-0.2, -0.15) is 0 Å². The lowest BCUT2D eigenvalue weighted by molar-refractivity contribution is -0.153. The van der Waals surface area contributed by atoms with Crippen LogP contribution in [0.3, 0.4) is 0 Å². The van der Waals surface area contributed by atoms with Crippen LogP contribution in [0, 0.1) is 5.92 Å². The molecular formula is C27H32BrN7O6S. The Kier molecular flexibility index (Phi) is 9.06. The van der Waals surface area contributed by atoms with Gasteiger partial charge in [-0.15, -0.1) is 0 Å². The summed E-state index contributed by atoms with van der Waals surface area (Å²) in [5.41, 5.74) is 7.35. The Morgan fingerprint density at radius 2 is 1.86 bits per heavy atom. The molecule has 1 unspecified atom stereocenters. The Balaban J connectivity index is 1.27. The van der Waals surface area contributed by atoms with Crippen molar-refractivity contribution in [2.45, 2.75) is 62.4 Å². The number of ether oxygens (including phenoxy) is 3. The molecule has 1 aromatic carbocycles. The largest absolute Gasteiger partial charge is 0.486 e. The molecule has 13 nitrogen and oxygen atoms in total. The predicted molar refractivity (Wildman–Crippen MR) is 157 cm³/mol. The molecule has 0 saturated carbocycles. The van der Waals surface area contributed by atoms with Gasteiger partial charge in [0.25, 0.3) is 5.91 Å². The molecule has 5 rings (SSSR count). The van der Waals surface area contributed by atoms with Crippen LogP contribution >= 0.6 is 27.7 Å². The molecule has 3 aromatic rings. The van der Waals surface area contributed by atoms with Gasteiger partial charge < -0.3 is 34.7 Å². The standard InChI is InChI=1S/C27H32BrN7O6S/c1-14(32-25(37)15(2)41-16(3)36)26(38)34-6-4-17(5-7-34)12-35-24-22(23(29)30-13-31-24)33-27(35)42-21-11-20-19(10-18(21)28)39-8-9-40-20/h10-11,13-15,17H,4-9,12H2,1-3H3,(H,32,37)(H2,29,30,31)/t14-,15?/m1/s1. The van der Waals surface area contributed by atoms with Crippen molar-refractivity contribution in [3.05, 3.63) is 22.9 Å². The van der Waals surface area contributed by atoms with Crippen molar-refractivity contribution in [3.63, 3.8) is 0 Å². The Bertz CT molecular complexity index is 1510. The van der Waals surface area contributed by atoms with Gasteiger partial charge >= 0.3 is 5.97 Å². The summed E-state index contributed by atoms with van der Waals surface area (Å²) in [4.78, 5) is 52.5. The smallest absolute Gasteiger partial charge is 0.303 e. The van der Waals surface area contributed by atoms with Crippen molar-refractivity contribution >= 4 is 62.5 Å². The molecule has 2 aromatic heterocycles. The van der Waals surface area contributed by atoms with Gasteiger partial charge in [0.1, 0.15) is 25.6 Å². The Morgan fingerprint density at radius 3 is 2.55 bits per heavy atom. The highest BCUT2D eigenvalue weighted by Gasteiger charge is 2.30. The number of rotatable bonds is 8. The second-order valence-corrected chi connectivity index (χ2v) is 12.1. The molecule has 0 spiro atoms. The zero-order valence-electron chi connectivity index (χ0n) is 23.5. The summed E-state index contributed by atoms with van der Waals surface area (Å²) in [5, 5.41) is 3.35. The number of piperidine rings is 1. The van der Waals surface area contributed by atoms with E-state index in [0.29, 0.717) is 66.5 Å². The second-order valence-electron chi connectivity index (χ2n) is 10.2. The molecule has 0 radical (unpaired) electrons. The summed E-state index contributed by atoms with van der Waals surface area (Å²) in [5.74, 6) is 0.682. The summed E-state index contributed by atoms with van der Waals surface area (Å²) >= 11 is 5.11. The van der Waals surface area contributed by atoms with E-state index < -0.39 is 24.0 Å². The fraction of sp³-hybridized carbons (Fsp3) is 0.481. The molecule has 2 aliphatic rings. The molecule has 224 valence electrons. The van der Waals surface area contributed by atoms with Crippen LogP contribution in [0.5, 0.6) is 11.5 Å². The summed E-state index contributed by atoms with van der Waals surface area (Å²) in [6.45, 7) is 7.05. The highest BCUT2D eigenvalue weighted by Crippen LogP contribution is 2.42. The first-order chi connectivity index (χ1) is 20.1. The van der Waals surface area contributed by atoms with Gasteiger partial charge in [-0.3, -0.25) is 14.4 Å². The maximum Gasteiger partial charge on any atom is 0.303 e. The van der Waals surface area contributed by atoms with Crippen LogP contribution in [0.15, 0.2) is 33.0 Å². The van der Waals surface area contributed by atoms with Crippen molar-refractivity contribution in [2.75, 3.05) is 32.0 Å². The molecule has 2 atom stereocenters. The first kappa shape index (κ1) is 29.9. The molecule has 0 aliphatic carbocycles. The average molecular weight is 663 g/mol. The lowest BCUT2D eigenvalue weighted by Crippen LogP contribution is -2.51. The quantitative estimate of drug-likeness (QED) is 0.341. The van der Waals surface area contributed by atoms with E-state index in [4.69, 9.17) is 24.9 Å². The van der Waals surface area contributed by atoms with E-state index in [1.54, 1.807) is 11.8 Å². The van der Waals surface area contributed by atoms with E-state index in [1.807, 2.05) is 12.1 Å². The fourth-order valence-electron chi connectivity index (χ4n) is 4.96. The average Bonchev–Trinajstić information content (AvgIpc) is 3.30. The second kappa shape index (κ2) is 12.7. The van der Waals surface area contributed by atoms with Gasteiger partial charge in [0.05, 0.1) is 0 Å². The molecular weight excluding hydrogens is 630 g/mol. The molecule has 1 fully saturated rings. The molecule has 15 heteroatoms. The molecule has 1 saturated heterocycles. The Hall–Kier alpha value is -3.59. The number of hydrogen-bond donors (Lipinski definition) is 2. The van der Waals surface area contributed by atoms with Gasteiger partial charge in [0.15, 0.2) is 39.7 Å². The molecule has 42 heavy (non-hydrogen) atoms. The van der Waals surface area contributed by atoms with E-state index >= 15 is 0 Å². The van der Waals surface area contributed by atoms with Crippen molar-refractivity contribution in [1.29, 1.82) is 0 Å². The number of nitrogen functional groups attached to an aromatic ring is 1. The fourth-order valence-corrected chi connectivity index (χ4v) is 6.45. The van der Waals surface area contributed by atoms with Crippen LogP contribution in [-0.4, -0.2) is 80.7 Å². The molecule has 2 aliphatic heterocycles. The number of aromatic nitrogens is 4. The summed E-state index contributed by atoms with van der Waals surface area (Å²) in [6, 6.07) is 3.08. The number of carbonyl (C=O) groups excluding carboxylic acids is 3. The van der Waals surface area contributed by atoms with Crippen molar-refractivity contribution in [3.8, 4) is 11.5 Å². The number of likely N-dealkylation sites (tertiary alicyclic amines) is 1. The number of nitrogens with two attached hydrogens (primary N) is 1. The lowest BCUT2D eigenvalue weighted by atomic mass is 9.96. The topological polar surface area (TPSA) is 164 Å². The monoisotopic (exact) mass is 661 g/mol. The van der Waals surface area contributed by atoms with Crippen LogP contribution in [0.25, 0.3) is 11.2 Å². The molecule has 2 amide bonds. The van der Waals surface area contributed by atoms with Gasteiger partial charge in [0, 0.05) is 35.9 Å². The van der Waals surface area contributed by atoms with E-state index in [1.165, 1.54) is 31.9 Å². The van der Waals surface area contributed by atoms with Gasteiger partial charge in [0.2, 0.25) is 5.91 Å². The molecule has 4 heterocycles. The zero-order valence-corrected chi connectivity index (χ0v) is 25.9. The van der Waals surface area contributed by atoms with Crippen molar-refractivity contribution < 1.29 is 28.6 Å². The van der Waals surface area contributed by atoms with Crippen LogP contribution in [-0.2, 0) is 25.7 Å². The summed E-state index contributed by atoms with van der Waals surface area (Å²) in [7, 11) is 0. The number of nitrogens with one attached hydrogen (secondary N) is 1. The first-order valence-electron chi connectivity index (χ1n) is 13.6. The first-order valence-corrected chi connectivity index (χ1v) is 15.2. The highest BCUT2D eigenvalue weighted by molar-refractivity contribution is 9.10. The minimum absolute atomic E-state index is 0.176. The number of nitrogens with zero attached hydrogens (tertiary/aromatic N) is 5. The maximum absolute atomic E-state index is 13.0. The zero-order chi connectivity index (χ0) is 30.0. The number of benzene rings is 1. The normalized spacial score (nSPS) is 16.6. The van der Waals surface area contributed by atoms with E-state index in [2.05, 4.69) is 35.8 Å². The van der Waals surface area contributed by atoms with Crippen LogP contribution < -0.4 is 20.5 Å². The van der Waals surface area contributed by atoms with Crippen LogP contribution in [0.2, 0.25) is 0 Å². The van der Waals surface area contributed by atoms with Crippen molar-refractivity contribution in [1.82, 2.24) is 29.7 Å². The minimum atomic E-state index is -0.971. The van der Waals surface area contributed by atoms with E-state index in [9.17, 15) is 14.4 Å². The minimum Gasteiger partial charge on any atom is -0.486 e. The summed E-state index contributed by atoms with van der Waals surface area (Å²) in [6.07, 6.45) is 1.98. The molecule has 0 bridgehead atoms. The maximum atomic E-state index is 13.0. The Labute approximate surface area is 255 Å². The number of hydrogen-bond acceptors (Lipinski definition) is 11. The number of amides is 2. The highest BCUT2D eigenvalue weighted by atomic mass is 79.9. The number of imidazole rings is 1. The number of carbonyl (C=O) groups is 3. The SMILES string of the molecule is CC(=O)OC(C)C(=O)N[C@H](C)C(=O)N1CCC(Cn2c(Sc3cc4c(cc3Br)OCCO4)nc3c(N)ncnc32)CC1. The number of fused-ring (bicyclic) bond motifs is 2. The number of anilines is 1. The third-order valence-corrected chi connectivity index (χ3v) is 9.10.